The molecule has 1 N–H and O–H groups in total. The van der Waals surface area contributed by atoms with Crippen LogP contribution in [0.1, 0.15) is 35.7 Å². The number of esters is 2. The third kappa shape index (κ3) is 3.32. The SMILES string of the molecule is CCOC(=O)COc1cc(F)c2c(c1)C(=O)OC21CCNCC1.Cl. The Kier molecular flexibility index (Phi) is 5.66. The van der Waals surface area contributed by atoms with E-state index in [1.165, 1.54) is 12.1 Å². The van der Waals surface area contributed by atoms with Gasteiger partial charge in [0.05, 0.1) is 12.2 Å². The molecule has 1 aromatic rings. The van der Waals surface area contributed by atoms with E-state index in [9.17, 15) is 14.0 Å². The van der Waals surface area contributed by atoms with Crippen molar-refractivity contribution in [2.24, 2.45) is 0 Å². The summed E-state index contributed by atoms with van der Waals surface area (Å²) in [5.74, 6) is -1.54. The van der Waals surface area contributed by atoms with E-state index in [0.29, 0.717) is 31.5 Å². The molecule has 0 aromatic heterocycles. The summed E-state index contributed by atoms with van der Waals surface area (Å²) in [6, 6.07) is 2.61. The van der Waals surface area contributed by atoms with E-state index in [1.807, 2.05) is 0 Å². The third-order valence-corrected chi connectivity index (χ3v) is 4.10. The highest BCUT2D eigenvalue weighted by Gasteiger charge is 2.48. The Balaban J connectivity index is 0.00000208. The maximum atomic E-state index is 14.6. The summed E-state index contributed by atoms with van der Waals surface area (Å²) in [6.45, 7) is 2.90. The average Bonchev–Trinajstić information content (AvgIpc) is 2.79. The molecule has 1 saturated heterocycles. The van der Waals surface area contributed by atoms with Crippen LogP contribution >= 0.6 is 12.4 Å². The molecule has 2 aliphatic rings. The van der Waals surface area contributed by atoms with Gasteiger partial charge in [-0.3, -0.25) is 0 Å². The maximum absolute atomic E-state index is 14.6. The molecule has 0 unspecified atom stereocenters. The quantitative estimate of drug-likeness (QED) is 0.828. The number of halogens is 2. The fraction of sp³-hybridized carbons (Fsp3) is 0.500. The van der Waals surface area contributed by atoms with E-state index in [2.05, 4.69) is 5.32 Å². The summed E-state index contributed by atoms with van der Waals surface area (Å²) in [5.41, 5.74) is -0.417. The minimum absolute atomic E-state index is 0. The van der Waals surface area contributed by atoms with E-state index < -0.39 is 23.4 Å². The zero-order valence-corrected chi connectivity index (χ0v) is 14.0. The summed E-state index contributed by atoms with van der Waals surface area (Å²) in [5, 5.41) is 3.17. The third-order valence-electron chi connectivity index (χ3n) is 4.10. The van der Waals surface area contributed by atoms with Crippen LogP contribution in [-0.4, -0.2) is 38.2 Å². The number of carbonyl (C=O) groups excluding carboxylic acids is 2. The summed E-state index contributed by atoms with van der Waals surface area (Å²) < 4.78 is 30.0. The van der Waals surface area contributed by atoms with Crippen LogP contribution in [0.25, 0.3) is 0 Å². The lowest BCUT2D eigenvalue weighted by molar-refractivity contribution is -0.145. The van der Waals surface area contributed by atoms with Crippen molar-refractivity contribution >= 4 is 24.3 Å². The number of nitrogens with one attached hydrogen (secondary N) is 1. The molecule has 0 aliphatic carbocycles. The second-order valence-electron chi connectivity index (χ2n) is 5.56. The number of fused-ring (bicyclic) bond motifs is 2. The number of rotatable bonds is 4. The normalized spacial score (nSPS) is 17.7. The first kappa shape index (κ1) is 18.5. The molecule has 132 valence electrons. The van der Waals surface area contributed by atoms with Gasteiger partial charge in [0.1, 0.15) is 17.2 Å². The Morgan fingerprint density at radius 1 is 1.38 bits per heavy atom. The van der Waals surface area contributed by atoms with Crippen molar-refractivity contribution in [1.29, 1.82) is 0 Å². The summed E-state index contributed by atoms with van der Waals surface area (Å²) >= 11 is 0. The zero-order chi connectivity index (χ0) is 16.4. The largest absolute Gasteiger partial charge is 0.482 e. The van der Waals surface area contributed by atoms with E-state index in [1.54, 1.807) is 6.92 Å². The number of benzene rings is 1. The number of hydrogen-bond acceptors (Lipinski definition) is 6. The van der Waals surface area contributed by atoms with Crippen LogP contribution in [-0.2, 0) is 19.9 Å². The van der Waals surface area contributed by atoms with Crippen LogP contribution in [0.4, 0.5) is 4.39 Å². The lowest BCUT2D eigenvalue weighted by atomic mass is 9.84. The maximum Gasteiger partial charge on any atom is 0.344 e. The topological polar surface area (TPSA) is 73.9 Å². The number of carbonyl (C=O) groups is 2. The molecule has 0 saturated carbocycles. The Hall–Kier alpha value is -1.86. The molecule has 1 spiro atoms. The summed E-state index contributed by atoms with van der Waals surface area (Å²) in [6.07, 6.45) is 1.07. The fourth-order valence-electron chi connectivity index (χ4n) is 3.10. The second-order valence-corrected chi connectivity index (χ2v) is 5.56. The average molecular weight is 360 g/mol. The van der Waals surface area contributed by atoms with E-state index in [-0.39, 0.29) is 36.9 Å². The van der Waals surface area contributed by atoms with Gasteiger partial charge in [-0.1, -0.05) is 0 Å². The first-order valence-electron chi connectivity index (χ1n) is 7.62. The molecule has 24 heavy (non-hydrogen) atoms. The van der Waals surface area contributed by atoms with Crippen molar-refractivity contribution in [3.05, 3.63) is 29.1 Å². The molecule has 0 amide bonds. The van der Waals surface area contributed by atoms with Crippen molar-refractivity contribution in [2.75, 3.05) is 26.3 Å². The van der Waals surface area contributed by atoms with Gasteiger partial charge < -0.3 is 19.5 Å². The van der Waals surface area contributed by atoms with Gasteiger partial charge >= 0.3 is 11.9 Å². The smallest absolute Gasteiger partial charge is 0.344 e. The van der Waals surface area contributed by atoms with E-state index in [4.69, 9.17) is 14.2 Å². The van der Waals surface area contributed by atoms with Crippen LogP contribution in [0.2, 0.25) is 0 Å². The standard InChI is InChI=1S/C16H18FNO5.ClH/c1-2-21-13(19)9-22-10-7-11-14(12(17)8-10)16(23-15(11)20)3-5-18-6-4-16;/h7-8,18H,2-6,9H2,1H3;1H. The monoisotopic (exact) mass is 359 g/mol. The van der Waals surface area contributed by atoms with Gasteiger partial charge in [-0.05, 0) is 26.1 Å². The molecule has 6 nitrogen and oxygen atoms in total. The molecule has 2 aliphatic heterocycles. The van der Waals surface area contributed by atoms with E-state index >= 15 is 0 Å². The Labute approximate surface area is 145 Å². The van der Waals surface area contributed by atoms with Gasteiger partial charge in [0.15, 0.2) is 6.61 Å². The number of hydrogen-bond donors (Lipinski definition) is 1. The van der Waals surface area contributed by atoms with Crippen molar-refractivity contribution in [3.8, 4) is 5.75 Å². The van der Waals surface area contributed by atoms with Crippen LogP contribution < -0.4 is 10.1 Å². The first-order valence-corrected chi connectivity index (χ1v) is 7.62. The Morgan fingerprint density at radius 3 is 2.75 bits per heavy atom. The van der Waals surface area contributed by atoms with Gasteiger partial charge in [-0.2, -0.15) is 0 Å². The van der Waals surface area contributed by atoms with Crippen LogP contribution in [0.5, 0.6) is 5.75 Å². The van der Waals surface area contributed by atoms with Crippen LogP contribution in [0.3, 0.4) is 0 Å². The Morgan fingerprint density at radius 2 is 2.08 bits per heavy atom. The molecular weight excluding hydrogens is 341 g/mol. The molecule has 8 heteroatoms. The highest BCUT2D eigenvalue weighted by Crippen LogP contribution is 2.45. The number of ether oxygens (including phenoxy) is 3. The Bertz CT molecular complexity index is 646. The lowest BCUT2D eigenvalue weighted by Crippen LogP contribution is -2.40. The highest BCUT2D eigenvalue weighted by atomic mass is 35.5. The molecule has 0 radical (unpaired) electrons. The first-order chi connectivity index (χ1) is 11.1. The lowest BCUT2D eigenvalue weighted by Gasteiger charge is -2.33. The van der Waals surface area contributed by atoms with Gasteiger partial charge in [0, 0.05) is 24.5 Å². The predicted octanol–water partition coefficient (Wildman–Crippen LogP) is 1.94. The van der Waals surface area contributed by atoms with Gasteiger partial charge in [-0.15, -0.1) is 12.4 Å². The molecule has 3 rings (SSSR count). The van der Waals surface area contributed by atoms with Crippen molar-refractivity contribution in [3.63, 3.8) is 0 Å². The molecule has 1 fully saturated rings. The van der Waals surface area contributed by atoms with Crippen LogP contribution in [0.15, 0.2) is 12.1 Å². The zero-order valence-electron chi connectivity index (χ0n) is 13.2. The molecule has 2 heterocycles. The molecule has 0 bridgehead atoms. The molecule has 1 aromatic carbocycles. The second kappa shape index (κ2) is 7.36. The minimum Gasteiger partial charge on any atom is -0.482 e. The number of piperidine rings is 1. The van der Waals surface area contributed by atoms with Crippen molar-refractivity contribution < 1.29 is 28.2 Å². The summed E-state index contributed by atoms with van der Waals surface area (Å²) in [7, 11) is 0. The predicted molar refractivity (Wildman–Crippen MR) is 85.0 cm³/mol. The van der Waals surface area contributed by atoms with Crippen molar-refractivity contribution in [1.82, 2.24) is 5.32 Å². The summed E-state index contributed by atoms with van der Waals surface area (Å²) in [4.78, 5) is 23.4. The molecule has 0 atom stereocenters. The highest BCUT2D eigenvalue weighted by molar-refractivity contribution is 5.95. The fourth-order valence-corrected chi connectivity index (χ4v) is 3.10. The van der Waals surface area contributed by atoms with Gasteiger partial charge in [0.25, 0.3) is 0 Å². The van der Waals surface area contributed by atoms with E-state index in [0.717, 1.165) is 0 Å². The van der Waals surface area contributed by atoms with Gasteiger partial charge in [-0.25, -0.2) is 14.0 Å². The van der Waals surface area contributed by atoms with Crippen LogP contribution in [0, 0.1) is 5.82 Å². The molecular formula is C16H19ClFNO5. The minimum atomic E-state index is -0.887. The van der Waals surface area contributed by atoms with Gasteiger partial charge in [0.2, 0.25) is 0 Å². The van der Waals surface area contributed by atoms with Crippen molar-refractivity contribution in [2.45, 2.75) is 25.4 Å².